The van der Waals surface area contributed by atoms with Gasteiger partial charge in [-0.3, -0.25) is 0 Å². The van der Waals surface area contributed by atoms with E-state index in [1.807, 2.05) is 55.1 Å². The molecule has 29 heavy (non-hydrogen) atoms. The smallest absolute Gasteiger partial charge is 0.259 e. The summed E-state index contributed by atoms with van der Waals surface area (Å²) < 4.78 is 35.3. The molecule has 0 fully saturated rings. The minimum absolute atomic E-state index is 0.231. The van der Waals surface area contributed by atoms with Gasteiger partial charge in [0.15, 0.2) is 5.82 Å². The van der Waals surface area contributed by atoms with Crippen LogP contribution in [0, 0.1) is 25.1 Å². The lowest BCUT2D eigenvalue weighted by Crippen LogP contribution is -2.36. The minimum atomic E-state index is -0.855. The van der Waals surface area contributed by atoms with E-state index in [0.29, 0.717) is 11.3 Å². The van der Waals surface area contributed by atoms with E-state index < -0.39 is 17.3 Å². The summed E-state index contributed by atoms with van der Waals surface area (Å²) in [5.41, 5.74) is 3.35. The van der Waals surface area contributed by atoms with Gasteiger partial charge in [0, 0.05) is 29.6 Å². The second kappa shape index (κ2) is 5.95. The van der Waals surface area contributed by atoms with Gasteiger partial charge < -0.3 is 14.2 Å². The Balaban J connectivity index is 1.77. The van der Waals surface area contributed by atoms with Crippen molar-refractivity contribution in [3.05, 3.63) is 71.1 Å². The van der Waals surface area contributed by atoms with Crippen LogP contribution in [-0.2, 0) is 0 Å². The Labute approximate surface area is 166 Å². The van der Waals surface area contributed by atoms with Crippen LogP contribution in [0.3, 0.4) is 0 Å². The van der Waals surface area contributed by atoms with E-state index in [9.17, 15) is 8.78 Å². The molecule has 3 aromatic carbocycles. The number of hydrogen-bond donors (Lipinski definition) is 0. The van der Waals surface area contributed by atoms with Crippen molar-refractivity contribution in [3.63, 3.8) is 0 Å². The van der Waals surface area contributed by atoms with Crippen molar-refractivity contribution >= 4 is 44.7 Å². The van der Waals surface area contributed by atoms with Gasteiger partial charge in [0.05, 0.1) is 17.9 Å². The molecule has 5 rings (SSSR count). The summed E-state index contributed by atoms with van der Waals surface area (Å²) in [5, 5.41) is 2.03. The second-order valence-corrected chi connectivity index (χ2v) is 7.35. The number of rotatable bonds is 1. The molecule has 6 heteroatoms. The largest absolute Gasteiger partial charge is 0.456 e. The van der Waals surface area contributed by atoms with Crippen LogP contribution in [0.1, 0.15) is 12.5 Å². The molecule has 1 atom stereocenters. The van der Waals surface area contributed by atoms with E-state index in [1.165, 1.54) is 6.07 Å². The molecule has 1 aliphatic heterocycles. The monoisotopic (exact) mass is 389 g/mol. The van der Waals surface area contributed by atoms with Crippen molar-refractivity contribution in [2.75, 3.05) is 16.8 Å². The molecule has 0 saturated heterocycles. The van der Waals surface area contributed by atoms with Crippen LogP contribution in [0.2, 0.25) is 0 Å². The fraction of sp³-hybridized carbons (Fsp3) is 0.174. The third-order valence-corrected chi connectivity index (χ3v) is 5.76. The molecule has 1 aromatic heterocycles. The zero-order valence-electron chi connectivity index (χ0n) is 16.1. The van der Waals surface area contributed by atoms with Gasteiger partial charge in [0.1, 0.15) is 23.1 Å². The minimum Gasteiger partial charge on any atom is -0.456 e. The lowest BCUT2D eigenvalue weighted by atomic mass is 10.1. The maximum Gasteiger partial charge on any atom is 0.259 e. The van der Waals surface area contributed by atoms with E-state index in [2.05, 4.69) is 4.85 Å². The predicted octanol–water partition coefficient (Wildman–Crippen LogP) is 6.66. The second-order valence-electron chi connectivity index (χ2n) is 7.35. The average molecular weight is 389 g/mol. The quantitative estimate of drug-likeness (QED) is 0.340. The highest BCUT2D eigenvalue weighted by Gasteiger charge is 2.37. The lowest BCUT2D eigenvalue weighted by molar-refractivity contribution is 0.594. The third-order valence-electron chi connectivity index (χ3n) is 5.76. The average Bonchev–Trinajstić information content (AvgIpc) is 3.16. The van der Waals surface area contributed by atoms with Crippen LogP contribution in [0.5, 0.6) is 0 Å². The van der Waals surface area contributed by atoms with Crippen LogP contribution >= 0.6 is 0 Å². The van der Waals surface area contributed by atoms with Gasteiger partial charge in [-0.2, -0.15) is 0 Å². The van der Waals surface area contributed by atoms with Crippen molar-refractivity contribution in [1.82, 2.24) is 0 Å². The zero-order chi connectivity index (χ0) is 20.4. The molecule has 144 valence electrons. The summed E-state index contributed by atoms with van der Waals surface area (Å²) in [4.78, 5) is 6.64. The lowest BCUT2D eigenvalue weighted by Gasteiger charge is -2.29. The molecular formula is C23H17F2N3O. The Morgan fingerprint density at radius 1 is 1.03 bits per heavy atom. The van der Waals surface area contributed by atoms with Gasteiger partial charge in [0.2, 0.25) is 0 Å². The summed E-state index contributed by atoms with van der Waals surface area (Å²) >= 11 is 0. The number of nitrogens with zero attached hydrogens (tertiary/aromatic N) is 3. The van der Waals surface area contributed by atoms with Crippen molar-refractivity contribution in [2.24, 2.45) is 0 Å². The van der Waals surface area contributed by atoms with Gasteiger partial charge >= 0.3 is 0 Å². The molecule has 0 amide bonds. The highest BCUT2D eigenvalue weighted by atomic mass is 19.1. The zero-order valence-corrected chi connectivity index (χ0v) is 16.1. The Kier molecular flexibility index (Phi) is 3.59. The normalized spacial score (nSPS) is 15.9. The number of para-hydroxylation sites is 1. The Morgan fingerprint density at radius 2 is 1.79 bits per heavy atom. The van der Waals surface area contributed by atoms with E-state index in [0.717, 1.165) is 27.6 Å². The van der Waals surface area contributed by atoms with Crippen LogP contribution < -0.4 is 9.80 Å². The summed E-state index contributed by atoms with van der Waals surface area (Å²) in [6, 6.07) is 13.0. The van der Waals surface area contributed by atoms with E-state index in [1.54, 1.807) is 11.9 Å². The van der Waals surface area contributed by atoms with Gasteiger partial charge in [-0.05, 0) is 37.6 Å². The maximum absolute atomic E-state index is 14.9. The van der Waals surface area contributed by atoms with Crippen LogP contribution in [0.25, 0.3) is 26.8 Å². The van der Waals surface area contributed by atoms with Crippen molar-refractivity contribution in [3.8, 4) is 0 Å². The molecule has 2 heterocycles. The van der Waals surface area contributed by atoms with Gasteiger partial charge in [0.25, 0.3) is 5.69 Å². The first kappa shape index (κ1) is 17.5. The number of aryl methyl sites for hydroxylation is 1. The fourth-order valence-electron chi connectivity index (χ4n) is 4.23. The molecule has 4 nitrogen and oxygen atoms in total. The first-order valence-electron chi connectivity index (χ1n) is 9.25. The molecule has 0 aliphatic carbocycles. The molecule has 0 spiro atoms. The molecule has 4 aromatic rings. The first-order valence-corrected chi connectivity index (χ1v) is 9.25. The SMILES string of the molecule is [C-]#[N+]c1c(F)cc2c(c1F)N(C)[C@H](C)N2c1cc2oc3ccccc3c2cc1C. The third kappa shape index (κ3) is 2.27. The van der Waals surface area contributed by atoms with E-state index >= 15 is 0 Å². The highest BCUT2D eigenvalue weighted by Crippen LogP contribution is 2.49. The Morgan fingerprint density at radius 3 is 2.55 bits per heavy atom. The molecule has 0 bridgehead atoms. The molecular weight excluding hydrogens is 372 g/mol. The number of fused-ring (bicyclic) bond motifs is 4. The standard InChI is InChI=1S/C23H17F2N3O/c1-12-9-15-14-7-5-6-8-19(14)29-20(15)11-17(12)28-13(2)27(4)23-18(28)10-16(24)22(26-3)21(23)25/h5-11,13H,1-2,4H3/t13-/m0/s1. The van der Waals surface area contributed by atoms with Crippen LogP contribution in [-0.4, -0.2) is 13.2 Å². The number of benzene rings is 3. The molecule has 0 radical (unpaired) electrons. The fourth-order valence-corrected chi connectivity index (χ4v) is 4.23. The molecule has 0 N–H and O–H groups in total. The molecule has 0 saturated carbocycles. The number of hydrogen-bond acceptors (Lipinski definition) is 3. The van der Waals surface area contributed by atoms with Crippen molar-refractivity contribution < 1.29 is 13.2 Å². The summed E-state index contributed by atoms with van der Waals surface area (Å²) in [6.07, 6.45) is -0.264. The first-order chi connectivity index (χ1) is 13.9. The number of halogens is 2. The maximum atomic E-state index is 14.9. The van der Waals surface area contributed by atoms with Gasteiger partial charge in [-0.1, -0.05) is 18.2 Å². The van der Waals surface area contributed by atoms with E-state index in [4.69, 9.17) is 11.0 Å². The molecule has 1 aliphatic rings. The topological polar surface area (TPSA) is 24.0 Å². The Hall–Kier alpha value is -3.59. The summed E-state index contributed by atoms with van der Waals surface area (Å²) in [5.74, 6) is -1.68. The van der Waals surface area contributed by atoms with Crippen molar-refractivity contribution in [2.45, 2.75) is 20.0 Å². The van der Waals surface area contributed by atoms with Crippen molar-refractivity contribution in [1.29, 1.82) is 0 Å². The summed E-state index contributed by atoms with van der Waals surface area (Å²) in [7, 11) is 1.74. The number of furan rings is 1. The van der Waals surface area contributed by atoms with E-state index in [-0.39, 0.29) is 11.9 Å². The van der Waals surface area contributed by atoms with Gasteiger partial charge in [-0.15, -0.1) is 0 Å². The number of anilines is 3. The summed E-state index contributed by atoms with van der Waals surface area (Å²) in [6.45, 7) is 11.0. The van der Waals surface area contributed by atoms with Crippen LogP contribution in [0.15, 0.2) is 46.9 Å². The highest BCUT2D eigenvalue weighted by molar-refractivity contribution is 6.06. The van der Waals surface area contributed by atoms with Gasteiger partial charge in [-0.25, -0.2) is 13.6 Å². The predicted molar refractivity (Wildman–Crippen MR) is 111 cm³/mol. The van der Waals surface area contributed by atoms with Crippen LogP contribution in [0.4, 0.5) is 31.5 Å². The molecule has 0 unspecified atom stereocenters. The Bertz CT molecular complexity index is 1350.